The molecule has 1 aliphatic rings. The van der Waals surface area contributed by atoms with Gasteiger partial charge in [-0.15, -0.1) is 0 Å². The first kappa shape index (κ1) is 20.2. The van der Waals surface area contributed by atoms with Gasteiger partial charge in [0.2, 0.25) is 0 Å². The summed E-state index contributed by atoms with van der Waals surface area (Å²) >= 11 is 0. The van der Waals surface area contributed by atoms with E-state index < -0.39 is 5.97 Å². The van der Waals surface area contributed by atoms with Crippen LogP contribution in [0.4, 0.5) is 5.69 Å². The fourth-order valence-electron chi connectivity index (χ4n) is 4.16. The van der Waals surface area contributed by atoms with Gasteiger partial charge in [0.25, 0.3) is 5.91 Å². The Morgan fingerprint density at radius 1 is 1.17 bits per heavy atom. The fourth-order valence-corrected chi connectivity index (χ4v) is 4.16. The standard InChI is InChI=1S/C25H27NO4/c1-15(2)20-9-4-6-16(3)25(20)26-23(27)14-30-24(28)12-19-13-29-22-11-18-8-5-7-17(18)10-21(19)22/h4,6,9-11,13,15H,5,7-8,12,14H2,1-3H3,(H,26,27). The van der Waals surface area contributed by atoms with Crippen molar-refractivity contribution in [3.05, 3.63) is 64.4 Å². The highest BCUT2D eigenvalue weighted by molar-refractivity contribution is 5.95. The average molecular weight is 405 g/mol. The van der Waals surface area contributed by atoms with Gasteiger partial charge in [0.1, 0.15) is 5.58 Å². The van der Waals surface area contributed by atoms with Crippen molar-refractivity contribution in [2.24, 2.45) is 0 Å². The molecular formula is C25H27NO4. The fraction of sp³-hybridized carbons (Fsp3) is 0.360. The predicted octanol–water partition coefficient (Wildman–Crippen LogP) is 5.08. The summed E-state index contributed by atoms with van der Waals surface area (Å²) in [7, 11) is 0. The second-order valence-corrected chi connectivity index (χ2v) is 8.31. The first-order chi connectivity index (χ1) is 14.4. The van der Waals surface area contributed by atoms with Crippen LogP contribution in [-0.4, -0.2) is 18.5 Å². The molecule has 0 unspecified atom stereocenters. The van der Waals surface area contributed by atoms with E-state index in [0.29, 0.717) is 0 Å². The van der Waals surface area contributed by atoms with E-state index in [1.165, 1.54) is 11.1 Å². The SMILES string of the molecule is Cc1cccc(C(C)C)c1NC(=O)COC(=O)Cc1coc2cc3c(cc12)CCC3. The molecule has 0 fully saturated rings. The molecule has 1 amide bonds. The smallest absolute Gasteiger partial charge is 0.310 e. The van der Waals surface area contributed by atoms with E-state index in [0.717, 1.165) is 52.6 Å². The molecule has 1 N–H and O–H groups in total. The summed E-state index contributed by atoms with van der Waals surface area (Å²) in [6, 6.07) is 10.1. The number of carbonyl (C=O) groups is 2. The molecule has 0 saturated carbocycles. The number of aryl methyl sites for hydroxylation is 3. The molecule has 156 valence electrons. The van der Waals surface area contributed by atoms with Crippen molar-refractivity contribution >= 4 is 28.5 Å². The monoisotopic (exact) mass is 405 g/mol. The highest BCUT2D eigenvalue weighted by Crippen LogP contribution is 2.31. The first-order valence-electron chi connectivity index (χ1n) is 10.5. The lowest BCUT2D eigenvalue weighted by Gasteiger charge is -2.16. The molecule has 1 aromatic heterocycles. The van der Waals surface area contributed by atoms with Crippen LogP contribution in [0, 0.1) is 6.92 Å². The zero-order chi connectivity index (χ0) is 21.3. The van der Waals surface area contributed by atoms with Gasteiger partial charge < -0.3 is 14.5 Å². The lowest BCUT2D eigenvalue weighted by atomic mass is 9.98. The normalized spacial score (nSPS) is 12.9. The molecule has 1 heterocycles. The van der Waals surface area contributed by atoms with Gasteiger partial charge >= 0.3 is 5.97 Å². The molecule has 0 atom stereocenters. The molecular weight excluding hydrogens is 378 g/mol. The Morgan fingerprint density at radius 2 is 1.93 bits per heavy atom. The van der Waals surface area contributed by atoms with Crippen LogP contribution in [0.1, 0.15) is 54.0 Å². The lowest BCUT2D eigenvalue weighted by Crippen LogP contribution is -2.22. The number of anilines is 1. The van der Waals surface area contributed by atoms with Crippen molar-refractivity contribution in [1.82, 2.24) is 0 Å². The number of hydrogen-bond acceptors (Lipinski definition) is 4. The Hall–Kier alpha value is -3.08. The van der Waals surface area contributed by atoms with E-state index in [1.807, 2.05) is 25.1 Å². The number of ether oxygens (including phenoxy) is 1. The third-order valence-electron chi connectivity index (χ3n) is 5.76. The molecule has 5 heteroatoms. The Kier molecular flexibility index (Phi) is 5.62. The topological polar surface area (TPSA) is 68.5 Å². The van der Waals surface area contributed by atoms with Crippen LogP contribution in [0.3, 0.4) is 0 Å². The van der Waals surface area contributed by atoms with Crippen molar-refractivity contribution in [2.75, 3.05) is 11.9 Å². The first-order valence-corrected chi connectivity index (χ1v) is 10.5. The van der Waals surface area contributed by atoms with Crippen molar-refractivity contribution in [2.45, 2.75) is 52.4 Å². The minimum atomic E-state index is -0.442. The van der Waals surface area contributed by atoms with E-state index >= 15 is 0 Å². The maximum Gasteiger partial charge on any atom is 0.310 e. The van der Waals surface area contributed by atoms with Gasteiger partial charge in [-0.25, -0.2) is 0 Å². The molecule has 0 radical (unpaired) electrons. The molecule has 0 saturated heterocycles. The second kappa shape index (κ2) is 8.34. The zero-order valence-corrected chi connectivity index (χ0v) is 17.7. The number of esters is 1. The molecule has 30 heavy (non-hydrogen) atoms. The number of carbonyl (C=O) groups excluding carboxylic acids is 2. The maximum absolute atomic E-state index is 12.4. The minimum absolute atomic E-state index is 0.0840. The summed E-state index contributed by atoms with van der Waals surface area (Å²) < 4.78 is 10.9. The van der Waals surface area contributed by atoms with Crippen molar-refractivity contribution < 1.29 is 18.7 Å². The van der Waals surface area contributed by atoms with Crippen LogP contribution in [0.2, 0.25) is 0 Å². The summed E-state index contributed by atoms with van der Waals surface area (Å²) in [5.41, 5.74) is 7.10. The number of hydrogen-bond donors (Lipinski definition) is 1. The highest BCUT2D eigenvalue weighted by atomic mass is 16.5. The number of rotatable bonds is 6. The van der Waals surface area contributed by atoms with Gasteiger partial charge in [-0.3, -0.25) is 9.59 Å². The van der Waals surface area contributed by atoms with Gasteiger partial charge in [-0.05, 0) is 66.5 Å². The Morgan fingerprint density at radius 3 is 2.70 bits per heavy atom. The maximum atomic E-state index is 12.4. The van der Waals surface area contributed by atoms with Crippen molar-refractivity contribution in [3.63, 3.8) is 0 Å². The van der Waals surface area contributed by atoms with Crippen molar-refractivity contribution in [1.29, 1.82) is 0 Å². The van der Waals surface area contributed by atoms with Crippen LogP contribution < -0.4 is 5.32 Å². The molecule has 4 rings (SSSR count). The number of benzene rings is 2. The van der Waals surface area contributed by atoms with Crippen LogP contribution in [0.25, 0.3) is 11.0 Å². The summed E-state index contributed by atoms with van der Waals surface area (Å²) in [4.78, 5) is 24.7. The van der Waals surface area contributed by atoms with Gasteiger partial charge in [0.05, 0.1) is 12.7 Å². The second-order valence-electron chi connectivity index (χ2n) is 8.31. The van der Waals surface area contributed by atoms with E-state index in [2.05, 4.69) is 31.3 Å². The minimum Gasteiger partial charge on any atom is -0.464 e. The van der Waals surface area contributed by atoms with Crippen LogP contribution in [0.15, 0.2) is 41.0 Å². The van der Waals surface area contributed by atoms with Crippen molar-refractivity contribution in [3.8, 4) is 0 Å². The number of fused-ring (bicyclic) bond motifs is 2. The molecule has 0 bridgehead atoms. The summed E-state index contributed by atoms with van der Waals surface area (Å²) in [5, 5.41) is 3.85. The van der Waals surface area contributed by atoms with E-state index in [-0.39, 0.29) is 24.9 Å². The molecule has 5 nitrogen and oxygen atoms in total. The number of furan rings is 1. The van der Waals surface area contributed by atoms with Gasteiger partial charge in [-0.2, -0.15) is 0 Å². The third kappa shape index (κ3) is 4.11. The predicted molar refractivity (Wildman–Crippen MR) is 117 cm³/mol. The average Bonchev–Trinajstić information content (AvgIpc) is 3.32. The van der Waals surface area contributed by atoms with Gasteiger partial charge in [0.15, 0.2) is 6.61 Å². The Labute approximate surface area is 176 Å². The summed E-state index contributed by atoms with van der Waals surface area (Å²) in [6.07, 6.45) is 5.01. The Balaban J connectivity index is 1.38. The number of amides is 1. The van der Waals surface area contributed by atoms with E-state index in [1.54, 1.807) is 6.26 Å². The van der Waals surface area contributed by atoms with Crippen LogP contribution in [-0.2, 0) is 33.6 Å². The number of para-hydroxylation sites is 1. The third-order valence-corrected chi connectivity index (χ3v) is 5.76. The van der Waals surface area contributed by atoms with Gasteiger partial charge in [0, 0.05) is 16.6 Å². The highest BCUT2D eigenvalue weighted by Gasteiger charge is 2.18. The summed E-state index contributed by atoms with van der Waals surface area (Å²) in [6.45, 7) is 5.80. The van der Waals surface area contributed by atoms with Crippen LogP contribution in [0.5, 0.6) is 0 Å². The molecule has 0 aliphatic heterocycles. The van der Waals surface area contributed by atoms with E-state index in [4.69, 9.17) is 9.15 Å². The zero-order valence-electron chi connectivity index (χ0n) is 17.7. The largest absolute Gasteiger partial charge is 0.464 e. The molecule has 0 spiro atoms. The van der Waals surface area contributed by atoms with Gasteiger partial charge in [-0.1, -0.05) is 32.0 Å². The lowest BCUT2D eigenvalue weighted by molar-refractivity contribution is -0.146. The quantitative estimate of drug-likeness (QED) is 0.581. The summed E-state index contributed by atoms with van der Waals surface area (Å²) in [5.74, 6) is -0.504. The molecule has 1 aliphatic carbocycles. The Bertz CT molecular complexity index is 1110. The molecule has 2 aromatic carbocycles. The van der Waals surface area contributed by atoms with E-state index in [9.17, 15) is 9.59 Å². The molecule has 3 aromatic rings. The van der Waals surface area contributed by atoms with Crippen LogP contribution >= 0.6 is 0 Å². The number of nitrogens with one attached hydrogen (secondary N) is 1.